The number of ether oxygens (including phenoxy) is 2. The number of hydrogen-bond acceptors (Lipinski definition) is 5. The van der Waals surface area contributed by atoms with Crippen molar-refractivity contribution in [3.63, 3.8) is 0 Å². The van der Waals surface area contributed by atoms with Crippen molar-refractivity contribution in [3.05, 3.63) is 92.3 Å². The molecule has 8 heteroatoms. The van der Waals surface area contributed by atoms with Gasteiger partial charge in [-0.15, -0.1) is 0 Å². The molecule has 0 aliphatic carbocycles. The van der Waals surface area contributed by atoms with Crippen LogP contribution >= 0.6 is 23.2 Å². The van der Waals surface area contributed by atoms with Crippen molar-refractivity contribution >= 4 is 45.8 Å². The molecular formula is C25H19Cl2NO5. The SMILES string of the molecule is Cc1cc(Oc2coc3cc(OCC(=O)Nc4ccccc4Cl)ccc3c2=O)cc(C)c1Cl. The fraction of sp³-hybridized carbons (Fsp3) is 0.120. The minimum absolute atomic E-state index is 0.0522. The van der Waals surface area contributed by atoms with E-state index in [0.717, 1.165) is 11.1 Å². The third-order valence-electron chi connectivity index (χ3n) is 4.87. The van der Waals surface area contributed by atoms with Crippen LogP contribution in [0.3, 0.4) is 0 Å². The van der Waals surface area contributed by atoms with Gasteiger partial charge < -0.3 is 19.2 Å². The van der Waals surface area contributed by atoms with Gasteiger partial charge in [0.15, 0.2) is 6.61 Å². The van der Waals surface area contributed by atoms with Crippen molar-refractivity contribution in [2.45, 2.75) is 13.8 Å². The summed E-state index contributed by atoms with van der Waals surface area (Å²) >= 11 is 12.2. The zero-order chi connectivity index (χ0) is 23.5. The van der Waals surface area contributed by atoms with Gasteiger partial charge in [-0.25, -0.2) is 0 Å². The lowest BCUT2D eigenvalue weighted by molar-refractivity contribution is -0.118. The molecule has 3 aromatic carbocycles. The normalized spacial score (nSPS) is 10.8. The number of hydrogen-bond donors (Lipinski definition) is 1. The number of benzene rings is 3. The van der Waals surface area contributed by atoms with Crippen LogP contribution in [-0.4, -0.2) is 12.5 Å². The highest BCUT2D eigenvalue weighted by molar-refractivity contribution is 6.33. The Labute approximate surface area is 199 Å². The molecule has 1 amide bonds. The van der Waals surface area contributed by atoms with Gasteiger partial charge in [-0.2, -0.15) is 0 Å². The summed E-state index contributed by atoms with van der Waals surface area (Å²) in [5, 5.41) is 4.08. The molecule has 33 heavy (non-hydrogen) atoms. The van der Waals surface area contributed by atoms with E-state index in [1.807, 2.05) is 13.8 Å². The third-order valence-corrected chi connectivity index (χ3v) is 5.80. The molecule has 1 N–H and O–H groups in total. The summed E-state index contributed by atoms with van der Waals surface area (Å²) in [5.74, 6) is 0.543. The van der Waals surface area contributed by atoms with Crippen LogP contribution in [0.25, 0.3) is 11.0 Å². The Bertz CT molecular complexity index is 1390. The van der Waals surface area contributed by atoms with Gasteiger partial charge in [0.05, 0.1) is 16.1 Å². The van der Waals surface area contributed by atoms with Gasteiger partial charge in [0.2, 0.25) is 11.2 Å². The minimum atomic E-state index is -0.373. The van der Waals surface area contributed by atoms with Gasteiger partial charge >= 0.3 is 0 Å². The zero-order valence-electron chi connectivity index (χ0n) is 17.8. The first-order valence-corrected chi connectivity index (χ1v) is 10.7. The van der Waals surface area contributed by atoms with Gasteiger partial charge in [0.25, 0.3) is 5.91 Å². The summed E-state index contributed by atoms with van der Waals surface area (Å²) in [6.07, 6.45) is 1.25. The number of carbonyl (C=O) groups is 1. The second-order valence-corrected chi connectivity index (χ2v) is 8.16. The number of rotatable bonds is 6. The Kier molecular flexibility index (Phi) is 6.58. The summed E-state index contributed by atoms with van der Waals surface area (Å²) in [6.45, 7) is 3.49. The second kappa shape index (κ2) is 9.57. The molecule has 0 saturated heterocycles. The van der Waals surface area contributed by atoms with Crippen LogP contribution in [0.15, 0.2) is 70.1 Å². The first-order valence-electron chi connectivity index (χ1n) is 9.99. The number of fused-ring (bicyclic) bond motifs is 1. The van der Waals surface area contributed by atoms with E-state index in [1.165, 1.54) is 6.26 Å². The minimum Gasteiger partial charge on any atom is -0.484 e. The van der Waals surface area contributed by atoms with Crippen LogP contribution in [0.2, 0.25) is 10.0 Å². The number of carbonyl (C=O) groups excluding carboxylic acids is 1. The molecule has 0 aliphatic rings. The summed E-state index contributed by atoms with van der Waals surface area (Å²) in [6, 6.07) is 15.1. The molecule has 4 rings (SSSR count). The highest BCUT2D eigenvalue weighted by Crippen LogP contribution is 2.29. The van der Waals surface area contributed by atoms with E-state index in [9.17, 15) is 9.59 Å². The van der Waals surface area contributed by atoms with Crippen molar-refractivity contribution < 1.29 is 18.7 Å². The first-order chi connectivity index (χ1) is 15.8. The average molecular weight is 484 g/mol. The van der Waals surface area contributed by atoms with Gasteiger partial charge in [0, 0.05) is 11.1 Å². The van der Waals surface area contributed by atoms with Crippen LogP contribution in [0.1, 0.15) is 11.1 Å². The van der Waals surface area contributed by atoms with E-state index >= 15 is 0 Å². The van der Waals surface area contributed by atoms with Crippen LogP contribution in [0.4, 0.5) is 5.69 Å². The van der Waals surface area contributed by atoms with E-state index < -0.39 is 0 Å². The van der Waals surface area contributed by atoms with Crippen LogP contribution in [0, 0.1) is 13.8 Å². The Balaban J connectivity index is 1.48. The molecule has 6 nitrogen and oxygen atoms in total. The summed E-state index contributed by atoms with van der Waals surface area (Å²) < 4.78 is 16.9. The maximum atomic E-state index is 12.9. The van der Waals surface area contributed by atoms with Crippen molar-refractivity contribution in [2.24, 2.45) is 0 Å². The highest BCUT2D eigenvalue weighted by atomic mass is 35.5. The molecule has 0 atom stereocenters. The quantitative estimate of drug-likeness (QED) is 0.337. The van der Waals surface area contributed by atoms with Gasteiger partial charge in [-0.1, -0.05) is 35.3 Å². The van der Waals surface area contributed by atoms with Crippen LogP contribution in [-0.2, 0) is 4.79 Å². The number of para-hydroxylation sites is 1. The van der Waals surface area contributed by atoms with Crippen molar-refractivity contribution in [3.8, 4) is 17.2 Å². The molecule has 0 saturated carbocycles. The Morgan fingerprint density at radius 2 is 1.73 bits per heavy atom. The standard InChI is InChI=1S/C25H19Cl2NO5/c1-14-9-17(10-15(2)24(14)27)33-22-12-32-21-11-16(7-8-18(21)25(22)30)31-13-23(29)28-20-6-4-3-5-19(20)26/h3-12H,13H2,1-2H3,(H,28,29). The topological polar surface area (TPSA) is 77.8 Å². The van der Waals surface area contributed by atoms with E-state index in [0.29, 0.717) is 38.2 Å². The van der Waals surface area contributed by atoms with Crippen LogP contribution < -0.4 is 20.2 Å². The summed E-state index contributed by atoms with van der Waals surface area (Å²) in [5.41, 5.74) is 2.16. The molecule has 4 aromatic rings. The van der Waals surface area contributed by atoms with E-state index in [1.54, 1.807) is 54.6 Å². The fourth-order valence-corrected chi connectivity index (χ4v) is 3.53. The maximum absolute atomic E-state index is 12.9. The molecule has 0 bridgehead atoms. The van der Waals surface area contributed by atoms with Crippen molar-refractivity contribution in [1.29, 1.82) is 0 Å². The zero-order valence-corrected chi connectivity index (χ0v) is 19.3. The summed E-state index contributed by atoms with van der Waals surface area (Å²) in [7, 11) is 0. The van der Waals surface area contributed by atoms with Crippen LogP contribution in [0.5, 0.6) is 17.2 Å². The molecule has 0 fully saturated rings. The lowest BCUT2D eigenvalue weighted by Gasteiger charge is -2.10. The largest absolute Gasteiger partial charge is 0.484 e. The maximum Gasteiger partial charge on any atom is 0.262 e. The van der Waals surface area contributed by atoms with Gasteiger partial charge in [-0.3, -0.25) is 9.59 Å². The van der Waals surface area contributed by atoms with E-state index in [-0.39, 0.29) is 23.7 Å². The molecule has 0 unspecified atom stereocenters. The number of anilines is 1. The number of halogens is 2. The lowest BCUT2D eigenvalue weighted by Crippen LogP contribution is -2.20. The fourth-order valence-electron chi connectivity index (χ4n) is 3.24. The molecule has 1 aromatic heterocycles. The molecule has 1 heterocycles. The third kappa shape index (κ3) is 5.13. The predicted molar refractivity (Wildman–Crippen MR) is 129 cm³/mol. The average Bonchev–Trinajstić information content (AvgIpc) is 2.79. The highest BCUT2D eigenvalue weighted by Gasteiger charge is 2.13. The summed E-state index contributed by atoms with van der Waals surface area (Å²) in [4.78, 5) is 25.0. The molecule has 0 spiro atoms. The van der Waals surface area contributed by atoms with Gasteiger partial charge in [0.1, 0.15) is 23.3 Å². The smallest absolute Gasteiger partial charge is 0.262 e. The number of amides is 1. The Hall–Kier alpha value is -3.48. The molecule has 0 radical (unpaired) electrons. The number of nitrogens with one attached hydrogen (secondary N) is 1. The molecule has 0 aliphatic heterocycles. The molecular weight excluding hydrogens is 465 g/mol. The second-order valence-electron chi connectivity index (χ2n) is 7.38. The van der Waals surface area contributed by atoms with Crippen molar-refractivity contribution in [1.82, 2.24) is 0 Å². The van der Waals surface area contributed by atoms with Gasteiger partial charge in [-0.05, 0) is 61.4 Å². The predicted octanol–water partition coefficient (Wildman–Crippen LogP) is 6.53. The lowest BCUT2D eigenvalue weighted by atomic mass is 10.1. The Morgan fingerprint density at radius 3 is 2.45 bits per heavy atom. The first kappa shape index (κ1) is 22.7. The Morgan fingerprint density at radius 1 is 1.00 bits per heavy atom. The van der Waals surface area contributed by atoms with Crippen molar-refractivity contribution in [2.75, 3.05) is 11.9 Å². The molecule has 168 valence electrons. The number of aryl methyl sites for hydroxylation is 2. The monoisotopic (exact) mass is 483 g/mol. The van der Waals surface area contributed by atoms with E-state index in [2.05, 4.69) is 5.32 Å². The van der Waals surface area contributed by atoms with E-state index in [4.69, 9.17) is 37.1 Å².